The summed E-state index contributed by atoms with van der Waals surface area (Å²) in [6.45, 7) is 6.90. The van der Waals surface area contributed by atoms with E-state index in [0.717, 1.165) is 11.1 Å². The number of halogens is 1. The Morgan fingerprint density at radius 1 is 1.24 bits per heavy atom. The molecule has 2 fully saturated rings. The standard InChI is InChI=1S/C36H50ClN3O10S/c1-21-11-9-12-26(47-8)36(45)19-28(49-33(44)38-36)35(4)20-34(3,50-35)27(48-32(43)22(2)39(5)29(41)13-10-14-51)18-30(42)40(6)24-16-23(15-21)17-25(46-7)31(24)37/h9,11-12,16-17,22,26-28,45,51H,10,13-15,18-20H2,1-8H3,(H,38,44)/b12-9+,21-11-/t22-,26+,27-,28-,34+,35-,36-/m0/s1. The number of rotatable bonds is 8. The zero-order valence-electron chi connectivity index (χ0n) is 30.5. The van der Waals surface area contributed by atoms with Crippen LogP contribution in [-0.2, 0) is 39.8 Å². The number of nitrogens with zero attached hydrogens (tertiary/aromatic N) is 2. The fourth-order valence-electron chi connectivity index (χ4n) is 6.92. The van der Waals surface area contributed by atoms with Gasteiger partial charge in [-0.3, -0.25) is 14.9 Å². The normalized spacial score (nSPS) is 31.9. The van der Waals surface area contributed by atoms with Crippen molar-refractivity contribution in [2.75, 3.05) is 39.0 Å². The van der Waals surface area contributed by atoms with Crippen molar-refractivity contribution in [2.24, 2.45) is 0 Å². The van der Waals surface area contributed by atoms with Gasteiger partial charge in [-0.1, -0.05) is 35.4 Å². The number of allylic oxidation sites excluding steroid dienone is 3. The van der Waals surface area contributed by atoms with Crippen LogP contribution < -0.4 is 15.0 Å². The fourth-order valence-corrected chi connectivity index (χ4v) is 7.39. The largest absolute Gasteiger partial charge is 0.495 e. The Bertz CT molecular complexity index is 1560. The zero-order chi connectivity index (χ0) is 37.9. The predicted octanol–water partition coefficient (Wildman–Crippen LogP) is 4.37. The smallest absolute Gasteiger partial charge is 0.409 e. The van der Waals surface area contributed by atoms with Crippen LogP contribution in [0.25, 0.3) is 0 Å². The second-order valence-corrected chi connectivity index (χ2v) is 14.8. The molecule has 282 valence electrons. The number of anilines is 1. The first-order chi connectivity index (χ1) is 23.9. The van der Waals surface area contributed by atoms with Gasteiger partial charge in [0, 0.05) is 40.5 Å². The number of esters is 1. The molecular formula is C36H50ClN3O10S. The highest BCUT2D eigenvalue weighted by Crippen LogP contribution is 2.50. The van der Waals surface area contributed by atoms with Crippen molar-refractivity contribution >= 4 is 53.8 Å². The summed E-state index contributed by atoms with van der Waals surface area (Å²) < 4.78 is 29.4. The molecule has 2 saturated heterocycles. The van der Waals surface area contributed by atoms with Crippen LogP contribution in [0.5, 0.6) is 5.75 Å². The van der Waals surface area contributed by atoms with Gasteiger partial charge in [-0.25, -0.2) is 9.59 Å². The van der Waals surface area contributed by atoms with Gasteiger partial charge in [0.25, 0.3) is 0 Å². The Hall–Kier alpha value is -3.30. The van der Waals surface area contributed by atoms with Crippen LogP contribution in [0.4, 0.5) is 10.5 Å². The van der Waals surface area contributed by atoms with Gasteiger partial charge in [-0.05, 0) is 64.0 Å². The highest BCUT2D eigenvalue weighted by Gasteiger charge is 2.63. The summed E-state index contributed by atoms with van der Waals surface area (Å²) >= 11 is 10.9. The second kappa shape index (κ2) is 16.2. The molecule has 4 heterocycles. The van der Waals surface area contributed by atoms with Gasteiger partial charge < -0.3 is 38.6 Å². The summed E-state index contributed by atoms with van der Waals surface area (Å²) in [4.78, 5) is 56.0. The molecule has 3 amide bonds. The lowest BCUT2D eigenvalue weighted by Gasteiger charge is -2.59. The minimum Gasteiger partial charge on any atom is -0.495 e. The highest BCUT2D eigenvalue weighted by atomic mass is 35.5. The summed E-state index contributed by atoms with van der Waals surface area (Å²) in [5.41, 5.74) is -2.11. The monoisotopic (exact) mass is 751 g/mol. The first-order valence-corrected chi connectivity index (χ1v) is 17.9. The number of likely N-dealkylation sites (N-methyl/N-ethyl adjacent to an activating group) is 1. The summed E-state index contributed by atoms with van der Waals surface area (Å²) in [5, 5.41) is 14.4. The number of alkyl carbamates (subject to hydrolysis) is 1. The van der Waals surface area contributed by atoms with E-state index in [1.165, 1.54) is 31.1 Å². The van der Waals surface area contributed by atoms with E-state index in [-0.39, 0.29) is 36.6 Å². The molecule has 0 spiro atoms. The fraction of sp³-hybridized carbons (Fsp3) is 0.611. The molecule has 0 radical (unpaired) electrons. The van der Waals surface area contributed by atoms with E-state index in [9.17, 15) is 24.3 Å². The van der Waals surface area contributed by atoms with Crippen LogP contribution >= 0.6 is 24.2 Å². The minimum atomic E-state index is -1.85. The van der Waals surface area contributed by atoms with Crippen LogP contribution in [0.15, 0.2) is 35.9 Å². The van der Waals surface area contributed by atoms with E-state index < -0.39 is 59.3 Å². The van der Waals surface area contributed by atoms with Crippen LogP contribution in [0.2, 0.25) is 5.02 Å². The second-order valence-electron chi connectivity index (χ2n) is 14.0. The van der Waals surface area contributed by atoms with Gasteiger partial charge in [-0.15, -0.1) is 0 Å². The number of hydrogen-bond donors (Lipinski definition) is 3. The van der Waals surface area contributed by atoms with E-state index in [1.807, 2.05) is 13.0 Å². The first-order valence-electron chi connectivity index (χ1n) is 16.9. The summed E-state index contributed by atoms with van der Waals surface area (Å²) in [7, 11) is 6.00. The van der Waals surface area contributed by atoms with Gasteiger partial charge in [0.05, 0.1) is 19.2 Å². The lowest BCUT2D eigenvalue weighted by Crippen LogP contribution is -2.72. The molecular weight excluding hydrogens is 702 g/mol. The van der Waals surface area contributed by atoms with E-state index in [0.29, 0.717) is 30.0 Å². The van der Waals surface area contributed by atoms with Crippen LogP contribution in [0, 0.1) is 0 Å². The molecule has 1 aromatic rings. The van der Waals surface area contributed by atoms with Crippen molar-refractivity contribution in [1.29, 1.82) is 0 Å². The number of amides is 3. The molecule has 51 heavy (non-hydrogen) atoms. The summed E-state index contributed by atoms with van der Waals surface area (Å²) in [5.74, 6) is -0.518. The quantitative estimate of drug-likeness (QED) is 0.258. The molecule has 4 aliphatic heterocycles. The Morgan fingerprint density at radius 2 is 1.92 bits per heavy atom. The number of ether oxygens (including phenoxy) is 5. The zero-order valence-corrected chi connectivity index (χ0v) is 32.1. The molecule has 6 bridgehead atoms. The Morgan fingerprint density at radius 3 is 2.55 bits per heavy atom. The molecule has 13 nitrogen and oxygen atoms in total. The topological polar surface area (TPSA) is 153 Å². The number of methoxy groups -OCH3 is 2. The molecule has 0 saturated carbocycles. The number of thiol groups is 1. The number of hydrogen-bond acceptors (Lipinski definition) is 11. The minimum absolute atomic E-state index is 0.0939. The van der Waals surface area contributed by atoms with Crippen LogP contribution in [0.1, 0.15) is 65.4 Å². The third-order valence-corrected chi connectivity index (χ3v) is 10.7. The SMILES string of the molecule is COc1cc2cc(c1Cl)N(C)C(=O)C[C@H](OC(=O)[C@H](C)N(C)C(=O)CCCS)[C@@]1(C)C[C@](C)(O1)[C@@H]1C[C@@](O)(NC(=O)O1)[C@H](OC)/C=C/C=C(/C)C2. The van der Waals surface area contributed by atoms with Gasteiger partial charge in [0.15, 0.2) is 5.72 Å². The lowest BCUT2D eigenvalue weighted by atomic mass is 9.72. The Labute approximate surface area is 310 Å². The number of carbonyl (C=O) groups is 4. The molecule has 0 unspecified atom stereocenters. The predicted molar refractivity (Wildman–Crippen MR) is 194 cm³/mol. The Balaban J connectivity index is 1.76. The molecule has 0 aromatic heterocycles. The molecule has 4 aliphatic rings. The van der Waals surface area contributed by atoms with Crippen molar-refractivity contribution in [2.45, 2.75) is 108 Å². The number of benzene rings is 1. The molecule has 2 N–H and O–H groups in total. The van der Waals surface area contributed by atoms with Crippen LogP contribution in [0.3, 0.4) is 0 Å². The third kappa shape index (κ3) is 8.85. The third-order valence-electron chi connectivity index (χ3n) is 9.99. The van der Waals surface area contributed by atoms with Crippen molar-refractivity contribution in [1.82, 2.24) is 10.2 Å². The van der Waals surface area contributed by atoms with Gasteiger partial charge in [-0.2, -0.15) is 12.6 Å². The van der Waals surface area contributed by atoms with E-state index in [1.54, 1.807) is 52.1 Å². The van der Waals surface area contributed by atoms with E-state index in [2.05, 4.69) is 17.9 Å². The highest BCUT2D eigenvalue weighted by molar-refractivity contribution is 7.80. The Kier molecular flexibility index (Phi) is 12.8. The number of carbonyl (C=O) groups excluding carboxylic acids is 4. The van der Waals surface area contributed by atoms with Crippen molar-refractivity contribution < 1.29 is 48.0 Å². The molecule has 1 aromatic carbocycles. The van der Waals surface area contributed by atoms with Gasteiger partial charge >= 0.3 is 12.1 Å². The molecule has 7 atom stereocenters. The average molecular weight is 752 g/mol. The van der Waals surface area contributed by atoms with Crippen molar-refractivity contribution in [3.63, 3.8) is 0 Å². The lowest BCUT2D eigenvalue weighted by molar-refractivity contribution is -0.328. The van der Waals surface area contributed by atoms with Crippen molar-refractivity contribution in [3.05, 3.63) is 46.5 Å². The maximum Gasteiger partial charge on any atom is 0.409 e. The first kappa shape index (κ1) is 40.5. The molecule has 15 heteroatoms. The van der Waals surface area contributed by atoms with Crippen molar-refractivity contribution in [3.8, 4) is 5.75 Å². The van der Waals surface area contributed by atoms with Crippen LogP contribution in [-0.4, -0.2) is 109 Å². The number of nitrogens with one attached hydrogen (secondary N) is 1. The summed E-state index contributed by atoms with van der Waals surface area (Å²) in [6, 6.07) is 2.61. The molecule has 5 rings (SSSR count). The average Bonchev–Trinajstić information content (AvgIpc) is 3.06. The van der Waals surface area contributed by atoms with E-state index in [4.69, 9.17) is 35.3 Å². The van der Waals surface area contributed by atoms with Gasteiger partial charge in [0.2, 0.25) is 11.8 Å². The van der Waals surface area contributed by atoms with Gasteiger partial charge in [0.1, 0.15) is 46.3 Å². The number of fused-ring (bicyclic) bond motifs is 6. The maximum absolute atomic E-state index is 14.1. The number of aliphatic hydroxyl groups is 1. The van der Waals surface area contributed by atoms with E-state index >= 15 is 0 Å². The molecule has 0 aliphatic carbocycles. The maximum atomic E-state index is 14.1. The summed E-state index contributed by atoms with van der Waals surface area (Å²) in [6.07, 6.45) is 2.33.